The summed E-state index contributed by atoms with van der Waals surface area (Å²) < 4.78 is 5.39. The fourth-order valence-corrected chi connectivity index (χ4v) is 4.16. The second kappa shape index (κ2) is 7.45. The smallest absolute Gasteiger partial charge is 0.0704 e. The van der Waals surface area contributed by atoms with Gasteiger partial charge in [0.15, 0.2) is 0 Å². The van der Waals surface area contributed by atoms with Crippen molar-refractivity contribution in [2.45, 2.75) is 57.9 Å². The van der Waals surface area contributed by atoms with Gasteiger partial charge in [-0.2, -0.15) is 5.10 Å². The van der Waals surface area contributed by atoms with E-state index in [2.05, 4.69) is 30.2 Å². The van der Waals surface area contributed by atoms with Crippen LogP contribution in [0.1, 0.15) is 51.9 Å². The highest BCUT2D eigenvalue weighted by molar-refractivity contribution is 5.93. The Morgan fingerprint density at radius 2 is 2.05 bits per heavy atom. The molecule has 1 unspecified atom stereocenters. The molecule has 1 saturated carbocycles. The number of allylic oxidation sites excluding steroid dienone is 4. The van der Waals surface area contributed by atoms with Crippen LogP contribution in [0.25, 0.3) is 0 Å². The molecule has 1 aliphatic heterocycles. The normalized spacial score (nSPS) is 30.2. The van der Waals surface area contributed by atoms with Crippen LogP contribution < -0.4 is 0 Å². The van der Waals surface area contributed by atoms with Gasteiger partial charge in [0.05, 0.1) is 18.4 Å². The Kier molecular flexibility index (Phi) is 5.35. The molecule has 2 aliphatic carbocycles. The van der Waals surface area contributed by atoms with Crippen LogP contribution in [-0.4, -0.2) is 37.0 Å². The van der Waals surface area contributed by atoms with Gasteiger partial charge in [-0.05, 0) is 38.5 Å². The Morgan fingerprint density at radius 3 is 2.73 bits per heavy atom. The summed E-state index contributed by atoms with van der Waals surface area (Å²) in [7, 11) is 1.80. The summed E-state index contributed by atoms with van der Waals surface area (Å²) in [6, 6.07) is 0.471. The zero-order chi connectivity index (χ0) is 15.4. The lowest BCUT2D eigenvalue weighted by atomic mass is 9.80. The van der Waals surface area contributed by atoms with E-state index in [1.807, 2.05) is 0 Å². The lowest BCUT2D eigenvalue weighted by Gasteiger charge is -2.30. The molecule has 0 spiro atoms. The maximum Gasteiger partial charge on any atom is 0.0704 e. The minimum atomic E-state index is 0.437. The van der Waals surface area contributed by atoms with Crippen molar-refractivity contribution >= 4 is 5.71 Å². The molecule has 3 rings (SSSR count). The predicted octanol–water partition coefficient (Wildman–Crippen LogP) is 4.17. The molecule has 0 N–H and O–H groups in total. The van der Waals surface area contributed by atoms with Gasteiger partial charge in [-0.1, -0.05) is 43.1 Å². The van der Waals surface area contributed by atoms with Crippen molar-refractivity contribution in [3.8, 4) is 0 Å². The van der Waals surface area contributed by atoms with E-state index in [4.69, 9.17) is 9.84 Å². The molecule has 0 aromatic carbocycles. The topological polar surface area (TPSA) is 24.8 Å². The average Bonchev–Trinajstić information content (AvgIpc) is 3.15. The Balaban J connectivity index is 1.82. The molecular weight excluding hydrogens is 272 g/mol. The van der Waals surface area contributed by atoms with Gasteiger partial charge in [-0.25, -0.2) is 0 Å². The summed E-state index contributed by atoms with van der Waals surface area (Å²) >= 11 is 0. The minimum Gasteiger partial charge on any atom is -0.382 e. The van der Waals surface area contributed by atoms with Crippen molar-refractivity contribution in [2.24, 2.45) is 16.9 Å². The molecule has 1 saturated heterocycles. The van der Waals surface area contributed by atoms with Crippen molar-refractivity contribution in [3.63, 3.8) is 0 Å². The summed E-state index contributed by atoms with van der Waals surface area (Å²) in [4.78, 5) is 0. The molecule has 2 fully saturated rings. The molecule has 3 aliphatic rings. The maximum absolute atomic E-state index is 5.39. The van der Waals surface area contributed by atoms with E-state index in [9.17, 15) is 0 Å². The molecular formula is C19H30N2O. The SMILES string of the molecule is COC[C@@H]1CCCN1/N=C(\C1CCCCC1)C1C=CC=C1C. The number of ether oxygens (including phenoxy) is 1. The zero-order valence-electron chi connectivity index (χ0n) is 14.1. The number of hydrogen-bond donors (Lipinski definition) is 0. The highest BCUT2D eigenvalue weighted by atomic mass is 16.5. The van der Waals surface area contributed by atoms with Crippen molar-refractivity contribution in [2.75, 3.05) is 20.3 Å². The van der Waals surface area contributed by atoms with Crippen molar-refractivity contribution < 1.29 is 4.74 Å². The highest BCUT2D eigenvalue weighted by Crippen LogP contribution is 2.33. The number of methoxy groups -OCH3 is 1. The molecule has 0 bridgehead atoms. The Labute approximate surface area is 135 Å². The molecule has 1 heterocycles. The number of hydrazone groups is 1. The van der Waals surface area contributed by atoms with E-state index in [0.717, 1.165) is 13.2 Å². The van der Waals surface area contributed by atoms with Gasteiger partial charge >= 0.3 is 0 Å². The van der Waals surface area contributed by atoms with Crippen LogP contribution in [0.3, 0.4) is 0 Å². The molecule has 2 atom stereocenters. The number of nitrogens with zero attached hydrogens (tertiary/aromatic N) is 2. The van der Waals surface area contributed by atoms with Gasteiger partial charge in [0.2, 0.25) is 0 Å². The first-order valence-electron chi connectivity index (χ1n) is 8.98. The van der Waals surface area contributed by atoms with E-state index in [-0.39, 0.29) is 0 Å². The Morgan fingerprint density at radius 1 is 1.23 bits per heavy atom. The fraction of sp³-hybridized carbons (Fsp3) is 0.737. The van der Waals surface area contributed by atoms with Crippen LogP contribution in [0.2, 0.25) is 0 Å². The molecule has 122 valence electrons. The van der Waals surface area contributed by atoms with Gasteiger partial charge in [-0.15, -0.1) is 0 Å². The molecule has 22 heavy (non-hydrogen) atoms. The van der Waals surface area contributed by atoms with Gasteiger partial charge in [0, 0.05) is 19.6 Å². The third-order valence-electron chi connectivity index (χ3n) is 5.44. The first-order chi connectivity index (χ1) is 10.8. The van der Waals surface area contributed by atoms with Gasteiger partial charge < -0.3 is 4.74 Å². The van der Waals surface area contributed by atoms with E-state index in [0.29, 0.717) is 17.9 Å². The van der Waals surface area contributed by atoms with Crippen LogP contribution in [0, 0.1) is 11.8 Å². The maximum atomic E-state index is 5.39. The van der Waals surface area contributed by atoms with Gasteiger partial charge in [-0.3, -0.25) is 5.01 Å². The van der Waals surface area contributed by atoms with E-state index >= 15 is 0 Å². The predicted molar refractivity (Wildman–Crippen MR) is 92.0 cm³/mol. The van der Waals surface area contributed by atoms with Crippen LogP contribution in [0.5, 0.6) is 0 Å². The largest absolute Gasteiger partial charge is 0.382 e. The van der Waals surface area contributed by atoms with Crippen molar-refractivity contribution in [3.05, 3.63) is 23.8 Å². The molecule has 0 aromatic rings. The molecule has 3 nitrogen and oxygen atoms in total. The lowest BCUT2D eigenvalue weighted by molar-refractivity contribution is 0.117. The van der Waals surface area contributed by atoms with Gasteiger partial charge in [0.1, 0.15) is 0 Å². The fourth-order valence-electron chi connectivity index (χ4n) is 4.16. The minimum absolute atomic E-state index is 0.437. The third-order valence-corrected chi connectivity index (χ3v) is 5.44. The first-order valence-corrected chi connectivity index (χ1v) is 8.98. The second-order valence-corrected chi connectivity index (χ2v) is 7.05. The van der Waals surface area contributed by atoms with Crippen molar-refractivity contribution in [1.29, 1.82) is 0 Å². The first kappa shape index (κ1) is 15.8. The Hall–Kier alpha value is -1.09. The molecule has 3 heteroatoms. The number of hydrogen-bond acceptors (Lipinski definition) is 3. The lowest BCUT2D eigenvalue weighted by Crippen LogP contribution is -2.33. The van der Waals surface area contributed by atoms with E-state index in [1.165, 1.54) is 56.2 Å². The monoisotopic (exact) mass is 302 g/mol. The van der Waals surface area contributed by atoms with Crippen molar-refractivity contribution in [1.82, 2.24) is 5.01 Å². The van der Waals surface area contributed by atoms with Crippen LogP contribution in [0.4, 0.5) is 0 Å². The molecule has 0 amide bonds. The summed E-state index contributed by atoms with van der Waals surface area (Å²) in [6.07, 6.45) is 16.0. The van der Waals surface area contributed by atoms with Crippen LogP contribution in [-0.2, 0) is 4.74 Å². The van der Waals surface area contributed by atoms with Crippen LogP contribution >= 0.6 is 0 Å². The van der Waals surface area contributed by atoms with E-state index in [1.54, 1.807) is 7.11 Å². The summed E-state index contributed by atoms with van der Waals surface area (Å²) in [5.41, 5.74) is 2.87. The van der Waals surface area contributed by atoms with Gasteiger partial charge in [0.25, 0.3) is 0 Å². The standard InChI is InChI=1S/C19H30N2O/c1-15-8-6-12-18(15)19(16-9-4-3-5-10-16)20-21-13-7-11-17(21)14-22-2/h6,8,12,16-18H,3-5,7,9-11,13-14H2,1-2H3/b20-19+/t17-,18?/m0/s1. The highest BCUT2D eigenvalue weighted by Gasteiger charge is 2.30. The molecule has 0 radical (unpaired) electrons. The summed E-state index contributed by atoms with van der Waals surface area (Å²) in [6.45, 7) is 4.14. The third kappa shape index (κ3) is 3.45. The summed E-state index contributed by atoms with van der Waals surface area (Å²) in [5.74, 6) is 1.11. The molecule has 0 aromatic heterocycles. The second-order valence-electron chi connectivity index (χ2n) is 7.05. The Bertz CT molecular complexity index is 460. The average molecular weight is 302 g/mol. The number of rotatable bonds is 5. The van der Waals surface area contributed by atoms with E-state index < -0.39 is 0 Å². The zero-order valence-corrected chi connectivity index (χ0v) is 14.1. The quantitative estimate of drug-likeness (QED) is 0.712. The van der Waals surface area contributed by atoms with Crippen LogP contribution in [0.15, 0.2) is 28.9 Å². The summed E-state index contributed by atoms with van der Waals surface area (Å²) in [5, 5.41) is 7.54.